The third-order valence-electron chi connectivity index (χ3n) is 4.67. The van der Waals surface area contributed by atoms with Crippen LogP contribution in [0.15, 0.2) is 64.5 Å². The number of hydrogen-bond donors (Lipinski definition) is 2. The van der Waals surface area contributed by atoms with Gasteiger partial charge < -0.3 is 15.5 Å². The molecule has 1 saturated carbocycles. The van der Waals surface area contributed by atoms with Gasteiger partial charge in [0.2, 0.25) is 0 Å². The van der Waals surface area contributed by atoms with Gasteiger partial charge in [0.15, 0.2) is 5.96 Å². The summed E-state index contributed by atoms with van der Waals surface area (Å²) in [6.45, 7) is 2.69. The fourth-order valence-electron chi connectivity index (χ4n) is 2.97. The molecule has 2 aromatic carbocycles. The first-order valence-corrected chi connectivity index (χ1v) is 10.3. The Morgan fingerprint density at radius 3 is 2.26 bits per heavy atom. The minimum atomic E-state index is 0.312. The molecule has 27 heavy (non-hydrogen) atoms. The van der Waals surface area contributed by atoms with E-state index in [0.29, 0.717) is 4.75 Å². The van der Waals surface area contributed by atoms with E-state index in [-0.39, 0.29) is 0 Å². The molecule has 3 rings (SSSR count). The van der Waals surface area contributed by atoms with Crippen molar-refractivity contribution in [3.05, 3.63) is 65.7 Å². The number of guanidine groups is 1. The van der Waals surface area contributed by atoms with Gasteiger partial charge in [-0.2, -0.15) is 0 Å². The summed E-state index contributed by atoms with van der Waals surface area (Å²) < 4.78 is 0.312. The third-order valence-corrected chi connectivity index (χ3v) is 6.16. The highest BCUT2D eigenvalue weighted by Gasteiger charge is 2.43. The maximum Gasteiger partial charge on any atom is 0.191 e. The van der Waals surface area contributed by atoms with E-state index in [9.17, 15) is 0 Å². The molecule has 0 aromatic heterocycles. The number of nitrogens with one attached hydrogen (secondary N) is 2. The van der Waals surface area contributed by atoms with E-state index in [1.54, 1.807) is 0 Å². The Morgan fingerprint density at radius 1 is 1.00 bits per heavy atom. The zero-order valence-corrected chi connectivity index (χ0v) is 17.4. The molecule has 0 heterocycles. The molecule has 0 saturated heterocycles. The van der Waals surface area contributed by atoms with Gasteiger partial charge in [0.25, 0.3) is 0 Å². The number of aliphatic imine (C=N–C) groups is 1. The summed E-state index contributed by atoms with van der Waals surface area (Å²) in [7, 11) is 6.01. The molecule has 4 nitrogen and oxygen atoms in total. The fourth-order valence-corrected chi connectivity index (χ4v) is 4.22. The van der Waals surface area contributed by atoms with Gasteiger partial charge in [-0.15, -0.1) is 11.8 Å². The average molecular weight is 383 g/mol. The Balaban J connectivity index is 1.46. The Labute approximate surface area is 167 Å². The van der Waals surface area contributed by atoms with E-state index in [0.717, 1.165) is 25.6 Å². The molecule has 1 fully saturated rings. The highest BCUT2D eigenvalue weighted by atomic mass is 32.2. The van der Waals surface area contributed by atoms with E-state index in [2.05, 4.69) is 89.2 Å². The molecule has 2 aromatic rings. The van der Waals surface area contributed by atoms with Gasteiger partial charge in [-0.25, -0.2) is 0 Å². The molecule has 144 valence electrons. The maximum absolute atomic E-state index is 4.38. The van der Waals surface area contributed by atoms with E-state index in [1.165, 1.54) is 28.9 Å². The first kappa shape index (κ1) is 19.8. The summed E-state index contributed by atoms with van der Waals surface area (Å²) in [4.78, 5) is 7.90. The molecule has 0 amide bonds. The lowest BCUT2D eigenvalue weighted by Crippen LogP contribution is -2.40. The lowest BCUT2D eigenvalue weighted by atomic mass is 10.1. The van der Waals surface area contributed by atoms with Crippen molar-refractivity contribution in [2.45, 2.75) is 35.6 Å². The van der Waals surface area contributed by atoms with Crippen LogP contribution in [0.4, 0.5) is 0 Å². The SMILES string of the molecule is CN=C(NCc1ccc(CN(C)C)cc1)NCC1(Sc2ccccc2)CC1. The molecule has 0 bridgehead atoms. The van der Waals surface area contributed by atoms with Crippen LogP contribution in [0, 0.1) is 0 Å². The molecule has 0 aliphatic heterocycles. The van der Waals surface area contributed by atoms with Crippen LogP contribution in [0.25, 0.3) is 0 Å². The largest absolute Gasteiger partial charge is 0.355 e. The summed E-state index contributed by atoms with van der Waals surface area (Å²) in [6, 6.07) is 19.4. The standard InChI is InChI=1S/C22H30N4S/c1-23-21(24-15-18-9-11-19(12-10-18)16-26(2)3)25-17-22(13-14-22)27-20-7-5-4-6-8-20/h4-12H,13-17H2,1-3H3,(H2,23,24,25). The molecule has 0 atom stereocenters. The molecule has 5 heteroatoms. The van der Waals surface area contributed by atoms with Crippen LogP contribution in [0.1, 0.15) is 24.0 Å². The summed E-state index contributed by atoms with van der Waals surface area (Å²) in [5.74, 6) is 0.868. The van der Waals surface area contributed by atoms with Crippen molar-refractivity contribution in [1.82, 2.24) is 15.5 Å². The van der Waals surface area contributed by atoms with E-state index >= 15 is 0 Å². The Kier molecular flexibility index (Phi) is 6.80. The Morgan fingerprint density at radius 2 is 1.67 bits per heavy atom. The third kappa shape index (κ3) is 6.29. The van der Waals surface area contributed by atoms with Gasteiger partial charge in [0.1, 0.15) is 0 Å². The second-order valence-electron chi connectivity index (χ2n) is 7.43. The number of benzene rings is 2. The predicted octanol–water partition coefficient (Wildman–Crippen LogP) is 3.74. The smallest absolute Gasteiger partial charge is 0.191 e. The van der Waals surface area contributed by atoms with Crippen molar-refractivity contribution in [3.63, 3.8) is 0 Å². The van der Waals surface area contributed by atoms with Crippen LogP contribution in [-0.2, 0) is 13.1 Å². The van der Waals surface area contributed by atoms with Crippen LogP contribution >= 0.6 is 11.8 Å². The molecular formula is C22H30N4S. The van der Waals surface area contributed by atoms with Crippen molar-refractivity contribution in [1.29, 1.82) is 0 Å². The quantitative estimate of drug-likeness (QED) is 0.539. The Bertz CT molecular complexity index is 737. The molecule has 2 N–H and O–H groups in total. The first-order valence-electron chi connectivity index (χ1n) is 9.50. The highest BCUT2D eigenvalue weighted by Crippen LogP contribution is 2.51. The number of hydrogen-bond acceptors (Lipinski definition) is 3. The second kappa shape index (κ2) is 9.29. The summed E-state index contributed by atoms with van der Waals surface area (Å²) >= 11 is 1.98. The van der Waals surface area contributed by atoms with Crippen LogP contribution < -0.4 is 10.6 Å². The van der Waals surface area contributed by atoms with Crippen molar-refractivity contribution < 1.29 is 0 Å². The highest BCUT2D eigenvalue weighted by molar-refractivity contribution is 8.01. The number of nitrogens with zero attached hydrogens (tertiary/aromatic N) is 2. The monoisotopic (exact) mass is 382 g/mol. The maximum atomic E-state index is 4.38. The molecule has 1 aliphatic rings. The Hall–Kier alpha value is -1.98. The minimum Gasteiger partial charge on any atom is -0.355 e. The zero-order valence-electron chi connectivity index (χ0n) is 16.5. The van der Waals surface area contributed by atoms with Gasteiger partial charge in [-0.3, -0.25) is 4.99 Å². The topological polar surface area (TPSA) is 39.7 Å². The molecule has 1 aliphatic carbocycles. The van der Waals surface area contributed by atoms with E-state index in [4.69, 9.17) is 0 Å². The van der Waals surface area contributed by atoms with Gasteiger partial charge >= 0.3 is 0 Å². The lowest BCUT2D eigenvalue weighted by molar-refractivity contribution is 0.402. The normalized spacial score (nSPS) is 15.6. The number of rotatable bonds is 8. The second-order valence-corrected chi connectivity index (χ2v) is 8.97. The first-order chi connectivity index (χ1) is 13.1. The molecule has 0 unspecified atom stereocenters. The van der Waals surface area contributed by atoms with Crippen LogP contribution in [0.2, 0.25) is 0 Å². The van der Waals surface area contributed by atoms with E-state index < -0.39 is 0 Å². The molecular weight excluding hydrogens is 352 g/mol. The van der Waals surface area contributed by atoms with Gasteiger partial charge in [-0.05, 0) is 50.2 Å². The number of thioether (sulfide) groups is 1. The summed E-state index contributed by atoms with van der Waals surface area (Å²) in [6.07, 6.45) is 2.51. The van der Waals surface area contributed by atoms with Crippen LogP contribution in [0.5, 0.6) is 0 Å². The molecule has 0 spiro atoms. The van der Waals surface area contributed by atoms with Crippen molar-refractivity contribution >= 4 is 17.7 Å². The van der Waals surface area contributed by atoms with Crippen molar-refractivity contribution in [3.8, 4) is 0 Å². The summed E-state index contributed by atoms with van der Waals surface area (Å²) in [5.41, 5.74) is 2.60. The minimum absolute atomic E-state index is 0.312. The van der Waals surface area contributed by atoms with E-state index in [1.807, 2.05) is 18.8 Å². The van der Waals surface area contributed by atoms with Crippen LogP contribution in [-0.4, -0.2) is 43.3 Å². The average Bonchev–Trinajstić information content (AvgIpc) is 3.43. The lowest BCUT2D eigenvalue weighted by Gasteiger charge is -2.18. The fraction of sp³-hybridized carbons (Fsp3) is 0.409. The van der Waals surface area contributed by atoms with Crippen molar-refractivity contribution in [2.24, 2.45) is 4.99 Å². The van der Waals surface area contributed by atoms with Crippen molar-refractivity contribution in [2.75, 3.05) is 27.7 Å². The van der Waals surface area contributed by atoms with Gasteiger partial charge in [-0.1, -0.05) is 42.5 Å². The van der Waals surface area contributed by atoms with Gasteiger partial charge in [0.05, 0.1) is 0 Å². The molecule has 0 radical (unpaired) electrons. The summed E-state index contributed by atoms with van der Waals surface area (Å²) in [5, 5.41) is 6.94. The van der Waals surface area contributed by atoms with Crippen LogP contribution in [0.3, 0.4) is 0 Å². The van der Waals surface area contributed by atoms with Gasteiger partial charge in [0, 0.05) is 36.3 Å². The zero-order chi connectivity index (χ0) is 19.1. The predicted molar refractivity (Wildman–Crippen MR) is 116 cm³/mol.